The first-order valence-electron chi connectivity index (χ1n) is 23.0. The maximum absolute atomic E-state index is 13.5. The van der Waals surface area contributed by atoms with Crippen LogP contribution >= 0.6 is 0 Å². The van der Waals surface area contributed by atoms with Crippen LogP contribution in [0.1, 0.15) is 103 Å². The minimum atomic E-state index is -1.11. The molecule has 0 bridgehead atoms. The van der Waals surface area contributed by atoms with Crippen molar-refractivity contribution < 1.29 is 34.4 Å². The molecule has 0 aromatic heterocycles. The molecule has 1 fully saturated rings. The molecule has 1 aliphatic carbocycles. The Kier molecular flexibility index (Phi) is 14.9. The number of aromatic hydroxyl groups is 2. The predicted molar refractivity (Wildman–Crippen MR) is 262 cm³/mol. The van der Waals surface area contributed by atoms with Gasteiger partial charge in [-0.05, 0) is 104 Å². The van der Waals surface area contributed by atoms with Crippen LogP contribution in [0, 0.1) is 0 Å². The van der Waals surface area contributed by atoms with Crippen LogP contribution in [0.25, 0.3) is 5.57 Å². The van der Waals surface area contributed by atoms with E-state index in [0.717, 1.165) is 92.1 Å². The Morgan fingerprint density at radius 3 is 2.25 bits per heavy atom. The molecular weight excluding hydrogens is 847 g/mol. The molecule has 0 saturated carbocycles. The van der Waals surface area contributed by atoms with Gasteiger partial charge in [-0.25, -0.2) is 4.79 Å². The molecule has 1 unspecified atom stereocenters. The zero-order valence-electron chi connectivity index (χ0n) is 39.6. The minimum absolute atomic E-state index is 0. The average Bonchev–Trinajstić information content (AvgIpc) is 3.72. The highest BCUT2D eigenvalue weighted by Crippen LogP contribution is 2.45. The number of anilines is 1. The number of aromatic carboxylic acids is 1. The highest BCUT2D eigenvalue weighted by molar-refractivity contribution is 6.04. The highest BCUT2D eigenvalue weighted by atomic mass is 16.5. The van der Waals surface area contributed by atoms with Gasteiger partial charge in [-0.3, -0.25) is 19.4 Å². The summed E-state index contributed by atoms with van der Waals surface area (Å²) < 4.78 is 6.46. The number of hydrogen-bond acceptors (Lipinski definition) is 11. The number of phenolic OH excluding ortho intramolecular Hbond substituents is 2. The number of unbranched alkanes of at least 4 members (excludes halogenated alkanes) is 2. The number of nitrogens with one attached hydrogen (secondary N) is 1. The summed E-state index contributed by atoms with van der Waals surface area (Å²) in [5, 5.41) is 34.3. The Balaban J connectivity index is 0.00000666. The molecular formula is C53H65N7O7. The van der Waals surface area contributed by atoms with Crippen LogP contribution < -0.4 is 21.1 Å². The van der Waals surface area contributed by atoms with Crippen molar-refractivity contribution in [2.75, 3.05) is 72.4 Å². The number of nitrogens with zero attached hydrogens (tertiary/aromatic N) is 5. The summed E-state index contributed by atoms with van der Waals surface area (Å²) in [4.78, 5) is 50.5. The normalized spacial score (nSPS) is 16.8. The lowest BCUT2D eigenvalue weighted by Gasteiger charge is -2.34. The number of likely N-dealkylation sites (N-methyl/N-ethyl adjacent to an activating group) is 1. The Morgan fingerprint density at radius 1 is 0.806 bits per heavy atom. The number of benzene rings is 4. The minimum Gasteiger partial charge on any atom is -0.508 e. The van der Waals surface area contributed by atoms with E-state index in [4.69, 9.17) is 4.74 Å². The third kappa shape index (κ3) is 10.6. The third-order valence-corrected chi connectivity index (χ3v) is 13.3. The number of carboxylic acid groups (broad SMARTS) is 1. The van der Waals surface area contributed by atoms with E-state index in [9.17, 15) is 29.7 Å². The molecule has 4 aliphatic rings. The molecule has 3 heterocycles. The monoisotopic (exact) mass is 911 g/mol. The molecule has 14 heteroatoms. The maximum atomic E-state index is 13.5. The van der Waals surface area contributed by atoms with Gasteiger partial charge in [0.25, 0.3) is 11.8 Å². The Bertz CT molecular complexity index is 2630. The van der Waals surface area contributed by atoms with Crippen LogP contribution in [0.3, 0.4) is 0 Å². The van der Waals surface area contributed by atoms with Crippen molar-refractivity contribution in [2.24, 2.45) is 0 Å². The molecule has 1 atom stereocenters. The fourth-order valence-electron chi connectivity index (χ4n) is 9.37. The smallest absolute Gasteiger partial charge is 0.336 e. The summed E-state index contributed by atoms with van der Waals surface area (Å²) in [6.07, 6.45) is 8.92. The standard InChI is InChI=1S/C53H62N6O7.H3N/c1-33(2)43-28-45(47(61)29-46(43)60)52(63)59-31-36-11-10-34(24-37(36)32-59)30-58-22-20-57(21-23-58)19-9-7-8-18-54-51(62)35-12-15-40(44(25-35)53(64)65)50-41-16-13-38(55(3)4)26-48(41)66-49-27-39(56(5)6)14-17-42(49)50;/h10-17,24-29,33,38,60-61H,7-9,18-23,30-32H2,1-6H3,(H,54,62)(H,64,65);1H3. The molecule has 7 N–H and O–H groups in total. The number of amides is 2. The summed E-state index contributed by atoms with van der Waals surface area (Å²) in [7, 11) is 7.92. The topological polar surface area (TPSA) is 184 Å². The summed E-state index contributed by atoms with van der Waals surface area (Å²) in [6.45, 7) is 11.1. The number of phenols is 2. The number of fused-ring (bicyclic) bond motifs is 3. The van der Waals surface area contributed by atoms with Gasteiger partial charge < -0.3 is 46.2 Å². The van der Waals surface area contributed by atoms with E-state index in [-0.39, 0.29) is 52.6 Å². The van der Waals surface area contributed by atoms with Crippen molar-refractivity contribution in [3.63, 3.8) is 0 Å². The van der Waals surface area contributed by atoms with Gasteiger partial charge in [0.05, 0.1) is 11.1 Å². The number of ether oxygens (including phenoxy) is 1. The van der Waals surface area contributed by atoms with Crippen LogP contribution in [0.4, 0.5) is 5.69 Å². The largest absolute Gasteiger partial charge is 0.508 e. The van der Waals surface area contributed by atoms with Gasteiger partial charge in [-0.15, -0.1) is 0 Å². The number of hydrogen-bond donors (Lipinski definition) is 5. The van der Waals surface area contributed by atoms with E-state index in [1.807, 2.05) is 77.3 Å². The second-order valence-corrected chi connectivity index (χ2v) is 18.7. The van der Waals surface area contributed by atoms with Crippen molar-refractivity contribution in [1.29, 1.82) is 0 Å². The quantitative estimate of drug-likeness (QED) is 0.0738. The summed E-state index contributed by atoms with van der Waals surface area (Å²) >= 11 is 0. The van der Waals surface area contributed by atoms with Gasteiger partial charge in [0, 0.05) is 113 Å². The lowest BCUT2D eigenvalue weighted by Crippen LogP contribution is -2.46. The van der Waals surface area contributed by atoms with Crippen molar-refractivity contribution >= 4 is 29.0 Å². The SMILES string of the molecule is CC(C)c1cc(C(=O)N2Cc3ccc(CN4CCN(CCCCCNC(=O)c5ccc(C6=C7C=CC(N(C)C)C=C7Oc7cc(N(C)C)ccc76)c(C(=O)O)c5)CC4)cc3C2)c(O)cc1O.N. The predicted octanol–water partition coefficient (Wildman–Crippen LogP) is 7.60. The first kappa shape index (κ1) is 48.5. The van der Waals surface area contributed by atoms with Crippen LogP contribution in [0.2, 0.25) is 0 Å². The molecule has 354 valence electrons. The molecule has 67 heavy (non-hydrogen) atoms. The van der Waals surface area contributed by atoms with E-state index in [2.05, 4.69) is 44.3 Å². The van der Waals surface area contributed by atoms with Crippen LogP contribution in [0.15, 0.2) is 96.3 Å². The van der Waals surface area contributed by atoms with Crippen molar-refractivity contribution in [1.82, 2.24) is 31.1 Å². The first-order valence-corrected chi connectivity index (χ1v) is 23.0. The maximum Gasteiger partial charge on any atom is 0.336 e. The molecule has 0 spiro atoms. The molecule has 4 aromatic carbocycles. The molecule has 14 nitrogen and oxygen atoms in total. The van der Waals surface area contributed by atoms with E-state index in [1.165, 1.54) is 17.7 Å². The van der Waals surface area contributed by atoms with Crippen LogP contribution in [-0.4, -0.2) is 126 Å². The number of piperazine rings is 1. The fraction of sp³-hybridized carbons (Fsp3) is 0.377. The van der Waals surface area contributed by atoms with Gasteiger partial charge in [0.15, 0.2) is 0 Å². The van der Waals surface area contributed by atoms with Crippen LogP contribution in [0.5, 0.6) is 17.2 Å². The van der Waals surface area contributed by atoms with Crippen LogP contribution in [-0.2, 0) is 19.6 Å². The Morgan fingerprint density at radius 2 is 1.54 bits per heavy atom. The van der Waals surface area contributed by atoms with Gasteiger partial charge in [-0.1, -0.05) is 56.7 Å². The summed E-state index contributed by atoms with van der Waals surface area (Å²) in [5.74, 6) is -0.525. The van der Waals surface area contributed by atoms with Crippen molar-refractivity contribution in [3.05, 3.63) is 146 Å². The number of carboxylic acids is 1. The second-order valence-electron chi connectivity index (χ2n) is 18.7. The molecule has 3 aliphatic heterocycles. The van der Waals surface area contributed by atoms with Crippen molar-refractivity contribution in [2.45, 2.75) is 64.7 Å². The fourth-order valence-corrected chi connectivity index (χ4v) is 9.37. The first-order chi connectivity index (χ1) is 31.6. The summed E-state index contributed by atoms with van der Waals surface area (Å²) in [5.41, 5.74) is 8.51. The lowest BCUT2D eigenvalue weighted by atomic mass is 9.84. The number of carbonyl (C=O) groups is 3. The average molecular weight is 912 g/mol. The summed E-state index contributed by atoms with van der Waals surface area (Å²) in [6, 6.07) is 20.2. The van der Waals surface area contributed by atoms with Crippen molar-refractivity contribution in [3.8, 4) is 17.2 Å². The zero-order valence-corrected chi connectivity index (χ0v) is 39.6. The molecule has 0 radical (unpaired) electrons. The lowest BCUT2D eigenvalue weighted by molar-refractivity contribution is 0.0695. The molecule has 8 rings (SSSR count). The van der Waals surface area contributed by atoms with Gasteiger partial charge in [0.1, 0.15) is 23.0 Å². The molecule has 4 aromatic rings. The third-order valence-electron chi connectivity index (χ3n) is 13.3. The Hall–Kier alpha value is -6.45. The number of rotatable bonds is 15. The zero-order chi connectivity index (χ0) is 46.8. The number of carbonyl (C=O) groups excluding carboxylic acids is 2. The van der Waals surface area contributed by atoms with E-state index in [1.54, 1.807) is 23.1 Å². The Labute approximate surface area is 394 Å². The van der Waals surface area contributed by atoms with E-state index < -0.39 is 5.97 Å². The number of allylic oxidation sites excluding steroid dienone is 1. The van der Waals surface area contributed by atoms with Gasteiger partial charge in [-0.2, -0.15) is 0 Å². The molecule has 2 amide bonds. The van der Waals surface area contributed by atoms with E-state index in [0.29, 0.717) is 47.8 Å². The van der Waals surface area contributed by atoms with Gasteiger partial charge >= 0.3 is 5.97 Å². The highest BCUT2D eigenvalue weighted by Gasteiger charge is 2.32. The van der Waals surface area contributed by atoms with Gasteiger partial charge in [0.2, 0.25) is 0 Å². The second kappa shape index (κ2) is 20.6. The molecule has 1 saturated heterocycles. The van der Waals surface area contributed by atoms with E-state index >= 15 is 0 Å².